The SMILES string of the molecule is CCCC(/C=N\Nc1ccc([N+](=O)[O-])cc1[N+](=O)[O-])=C/c1ccccc1. The molecule has 2 aromatic carbocycles. The van der Waals surface area contributed by atoms with Crippen molar-refractivity contribution in [1.82, 2.24) is 0 Å². The molecule has 0 fully saturated rings. The van der Waals surface area contributed by atoms with Gasteiger partial charge in [-0.1, -0.05) is 49.8 Å². The molecule has 26 heavy (non-hydrogen) atoms. The van der Waals surface area contributed by atoms with Crippen LogP contribution in [0.15, 0.2) is 59.2 Å². The van der Waals surface area contributed by atoms with E-state index in [9.17, 15) is 20.2 Å². The van der Waals surface area contributed by atoms with Crippen LogP contribution in [0, 0.1) is 20.2 Å². The topological polar surface area (TPSA) is 111 Å². The van der Waals surface area contributed by atoms with E-state index in [1.54, 1.807) is 6.21 Å². The molecule has 0 saturated carbocycles. The van der Waals surface area contributed by atoms with Crippen molar-refractivity contribution in [3.05, 3.63) is 79.9 Å². The number of benzene rings is 2. The molecule has 0 amide bonds. The van der Waals surface area contributed by atoms with Crippen LogP contribution in [0.1, 0.15) is 25.3 Å². The van der Waals surface area contributed by atoms with Gasteiger partial charge in [0.1, 0.15) is 5.69 Å². The molecule has 2 aromatic rings. The van der Waals surface area contributed by atoms with Gasteiger partial charge in [-0.3, -0.25) is 25.7 Å². The minimum atomic E-state index is -0.683. The van der Waals surface area contributed by atoms with Crippen LogP contribution >= 0.6 is 0 Å². The van der Waals surface area contributed by atoms with Crippen molar-refractivity contribution in [3.8, 4) is 0 Å². The molecule has 0 bridgehead atoms. The van der Waals surface area contributed by atoms with Crippen LogP contribution in [0.4, 0.5) is 17.1 Å². The molecule has 1 N–H and O–H groups in total. The molecule has 0 aromatic heterocycles. The molecule has 0 atom stereocenters. The van der Waals surface area contributed by atoms with Gasteiger partial charge >= 0.3 is 5.69 Å². The second kappa shape index (κ2) is 9.07. The Kier molecular flexibility index (Phi) is 6.55. The van der Waals surface area contributed by atoms with E-state index in [0.717, 1.165) is 30.0 Å². The molecule has 0 saturated heterocycles. The maximum atomic E-state index is 11.1. The van der Waals surface area contributed by atoms with Gasteiger partial charge in [0.2, 0.25) is 0 Å². The van der Waals surface area contributed by atoms with Gasteiger partial charge in [0.15, 0.2) is 0 Å². The molecule has 8 nitrogen and oxygen atoms in total. The Bertz CT molecular complexity index is 848. The second-order valence-electron chi connectivity index (χ2n) is 5.47. The largest absolute Gasteiger partial charge is 0.301 e. The second-order valence-corrected chi connectivity index (χ2v) is 5.47. The molecular weight excluding hydrogens is 336 g/mol. The third kappa shape index (κ3) is 5.23. The van der Waals surface area contributed by atoms with E-state index < -0.39 is 15.5 Å². The van der Waals surface area contributed by atoms with Gasteiger partial charge in [0.25, 0.3) is 5.69 Å². The van der Waals surface area contributed by atoms with Crippen LogP contribution in [-0.4, -0.2) is 16.1 Å². The minimum Gasteiger partial charge on any atom is -0.272 e. The highest BCUT2D eigenvalue weighted by atomic mass is 16.6. The normalized spacial score (nSPS) is 11.5. The van der Waals surface area contributed by atoms with Crippen molar-refractivity contribution >= 4 is 29.4 Å². The Morgan fingerprint density at radius 2 is 1.85 bits per heavy atom. The first-order valence-corrected chi connectivity index (χ1v) is 7.98. The first-order valence-electron chi connectivity index (χ1n) is 7.98. The number of hydrazone groups is 1. The number of hydrogen-bond donors (Lipinski definition) is 1. The third-order valence-corrected chi connectivity index (χ3v) is 3.49. The molecule has 0 aliphatic rings. The standard InChI is InChI=1S/C18H18N4O4/c1-2-6-15(11-14-7-4-3-5-8-14)13-19-20-17-10-9-16(21(23)24)12-18(17)22(25)26/h3-5,7-13,20H,2,6H2,1H3/b15-11-,19-13-. The zero-order valence-corrected chi connectivity index (χ0v) is 14.2. The lowest BCUT2D eigenvalue weighted by atomic mass is 10.1. The summed E-state index contributed by atoms with van der Waals surface area (Å²) >= 11 is 0. The molecule has 0 heterocycles. The Morgan fingerprint density at radius 3 is 2.46 bits per heavy atom. The number of anilines is 1. The maximum Gasteiger partial charge on any atom is 0.301 e. The summed E-state index contributed by atoms with van der Waals surface area (Å²) < 4.78 is 0. The quantitative estimate of drug-likeness (QED) is 0.416. The lowest BCUT2D eigenvalue weighted by Gasteiger charge is -2.03. The fourth-order valence-electron chi connectivity index (χ4n) is 2.29. The zero-order chi connectivity index (χ0) is 18.9. The Hall–Kier alpha value is -3.55. The molecule has 0 aliphatic carbocycles. The first kappa shape index (κ1) is 18.8. The fourth-order valence-corrected chi connectivity index (χ4v) is 2.29. The van der Waals surface area contributed by atoms with Crippen LogP contribution in [0.25, 0.3) is 6.08 Å². The van der Waals surface area contributed by atoms with E-state index in [-0.39, 0.29) is 11.4 Å². The predicted molar refractivity (Wildman–Crippen MR) is 101 cm³/mol. The van der Waals surface area contributed by atoms with Crippen molar-refractivity contribution in [1.29, 1.82) is 0 Å². The number of nitro benzene ring substituents is 2. The van der Waals surface area contributed by atoms with Crippen LogP contribution < -0.4 is 5.43 Å². The summed E-state index contributed by atoms with van der Waals surface area (Å²) in [7, 11) is 0. The van der Waals surface area contributed by atoms with E-state index in [4.69, 9.17) is 0 Å². The molecule has 134 valence electrons. The summed E-state index contributed by atoms with van der Waals surface area (Å²) in [5.74, 6) is 0. The van der Waals surface area contributed by atoms with Crippen LogP contribution in [-0.2, 0) is 0 Å². The zero-order valence-electron chi connectivity index (χ0n) is 14.2. The Morgan fingerprint density at radius 1 is 1.12 bits per heavy atom. The van der Waals surface area contributed by atoms with E-state index >= 15 is 0 Å². The maximum absolute atomic E-state index is 11.1. The summed E-state index contributed by atoms with van der Waals surface area (Å²) in [6.07, 6.45) is 5.30. The number of hydrogen-bond acceptors (Lipinski definition) is 6. The summed E-state index contributed by atoms with van der Waals surface area (Å²) in [6.45, 7) is 2.04. The smallest absolute Gasteiger partial charge is 0.272 e. The monoisotopic (exact) mass is 354 g/mol. The van der Waals surface area contributed by atoms with E-state index in [2.05, 4.69) is 10.5 Å². The summed E-state index contributed by atoms with van der Waals surface area (Å²) in [5.41, 5.74) is 3.93. The summed E-state index contributed by atoms with van der Waals surface area (Å²) in [5, 5.41) is 25.9. The molecule has 2 rings (SSSR count). The van der Waals surface area contributed by atoms with Crippen LogP contribution in [0.5, 0.6) is 0 Å². The minimum absolute atomic E-state index is 0.0902. The highest BCUT2D eigenvalue weighted by Crippen LogP contribution is 2.28. The van der Waals surface area contributed by atoms with Gasteiger partial charge in [-0.25, -0.2) is 0 Å². The van der Waals surface area contributed by atoms with Crippen LogP contribution in [0.2, 0.25) is 0 Å². The van der Waals surface area contributed by atoms with E-state index in [1.165, 1.54) is 12.1 Å². The van der Waals surface area contributed by atoms with Crippen molar-refractivity contribution in [3.63, 3.8) is 0 Å². The first-order chi connectivity index (χ1) is 12.5. The van der Waals surface area contributed by atoms with Crippen LogP contribution in [0.3, 0.4) is 0 Å². The molecule has 0 aliphatic heterocycles. The van der Waals surface area contributed by atoms with Crippen molar-refractivity contribution in [2.24, 2.45) is 5.10 Å². The predicted octanol–water partition coefficient (Wildman–Crippen LogP) is 4.78. The van der Waals surface area contributed by atoms with Crippen molar-refractivity contribution in [2.45, 2.75) is 19.8 Å². The highest BCUT2D eigenvalue weighted by molar-refractivity contribution is 5.86. The number of nitro groups is 2. The molecular formula is C18H18N4O4. The van der Waals surface area contributed by atoms with E-state index in [1.807, 2.05) is 43.3 Å². The van der Waals surface area contributed by atoms with Gasteiger partial charge in [0, 0.05) is 6.07 Å². The average Bonchev–Trinajstić information content (AvgIpc) is 2.62. The molecule has 0 spiro atoms. The number of nitrogens with one attached hydrogen (secondary N) is 1. The number of allylic oxidation sites excluding steroid dienone is 1. The third-order valence-electron chi connectivity index (χ3n) is 3.49. The van der Waals surface area contributed by atoms with Gasteiger partial charge < -0.3 is 0 Å². The van der Waals surface area contributed by atoms with Crippen molar-refractivity contribution in [2.75, 3.05) is 5.43 Å². The van der Waals surface area contributed by atoms with Crippen molar-refractivity contribution < 1.29 is 9.85 Å². The average molecular weight is 354 g/mol. The summed E-state index contributed by atoms with van der Waals surface area (Å²) in [6, 6.07) is 13.1. The molecule has 0 radical (unpaired) electrons. The number of rotatable bonds is 8. The lowest BCUT2D eigenvalue weighted by Crippen LogP contribution is -1.99. The highest BCUT2D eigenvalue weighted by Gasteiger charge is 2.19. The number of non-ortho nitro benzene ring substituents is 1. The van der Waals surface area contributed by atoms with Gasteiger partial charge in [0.05, 0.1) is 22.1 Å². The fraction of sp³-hybridized carbons (Fsp3) is 0.167. The molecule has 8 heteroatoms. The lowest BCUT2D eigenvalue weighted by molar-refractivity contribution is -0.393. The van der Waals surface area contributed by atoms with Gasteiger partial charge in [-0.2, -0.15) is 5.10 Å². The Labute approximate surface area is 150 Å². The van der Waals surface area contributed by atoms with Gasteiger partial charge in [-0.15, -0.1) is 0 Å². The Balaban J connectivity index is 2.21. The number of nitrogens with zero attached hydrogens (tertiary/aromatic N) is 3. The summed E-state index contributed by atoms with van der Waals surface area (Å²) in [4.78, 5) is 20.5. The van der Waals surface area contributed by atoms with Gasteiger partial charge in [-0.05, 0) is 23.6 Å². The van der Waals surface area contributed by atoms with E-state index in [0.29, 0.717) is 0 Å². The molecule has 0 unspecified atom stereocenters.